The molecule has 33 heavy (non-hydrogen) atoms. The zero-order valence-corrected chi connectivity index (χ0v) is 19.0. The van der Waals surface area contributed by atoms with Gasteiger partial charge in [0.25, 0.3) is 0 Å². The second-order valence-electron chi connectivity index (χ2n) is 7.75. The topological polar surface area (TPSA) is 87.4 Å². The predicted octanol–water partition coefficient (Wildman–Crippen LogP) is 4.00. The lowest BCUT2D eigenvalue weighted by Crippen LogP contribution is -2.48. The molecule has 5 rings (SSSR count). The fraction of sp³-hybridized carbons (Fsp3) is 0.217. The number of hydrogen-bond acceptors (Lipinski definition) is 6. The third-order valence-electron chi connectivity index (χ3n) is 5.66. The van der Waals surface area contributed by atoms with Crippen molar-refractivity contribution in [2.45, 2.75) is 0 Å². The van der Waals surface area contributed by atoms with Crippen LogP contribution in [0.5, 0.6) is 0 Å². The van der Waals surface area contributed by atoms with Crippen molar-refractivity contribution < 1.29 is 9.90 Å². The molecular formula is C23H20Cl2N6O2. The molecule has 168 valence electrons. The average molecular weight is 483 g/mol. The summed E-state index contributed by atoms with van der Waals surface area (Å²) in [5, 5.41) is 10.3. The van der Waals surface area contributed by atoms with Gasteiger partial charge in [0.05, 0.1) is 11.6 Å². The van der Waals surface area contributed by atoms with E-state index in [0.717, 1.165) is 17.1 Å². The highest BCUT2D eigenvalue weighted by atomic mass is 35.5. The lowest BCUT2D eigenvalue weighted by molar-refractivity contribution is -0.138. The summed E-state index contributed by atoms with van der Waals surface area (Å²) in [6.07, 6.45) is 1.53. The monoisotopic (exact) mass is 482 g/mol. The summed E-state index contributed by atoms with van der Waals surface area (Å²) in [7, 11) is 0. The molecule has 8 nitrogen and oxygen atoms in total. The van der Waals surface area contributed by atoms with E-state index in [2.05, 4.69) is 14.9 Å². The van der Waals surface area contributed by atoms with Crippen molar-refractivity contribution in [1.82, 2.24) is 24.4 Å². The zero-order chi connectivity index (χ0) is 22.9. The number of carboxylic acids is 1. The molecule has 0 amide bonds. The normalized spacial score (nSPS) is 14.7. The van der Waals surface area contributed by atoms with E-state index in [9.17, 15) is 4.79 Å². The van der Waals surface area contributed by atoms with Crippen LogP contribution in [-0.2, 0) is 4.79 Å². The van der Waals surface area contributed by atoms with Crippen molar-refractivity contribution in [1.29, 1.82) is 0 Å². The number of imidazole rings is 1. The number of hydrogen-bond donors (Lipinski definition) is 1. The van der Waals surface area contributed by atoms with Gasteiger partial charge in [-0.05, 0) is 36.4 Å². The first kappa shape index (κ1) is 21.6. The highest BCUT2D eigenvalue weighted by Gasteiger charge is 2.25. The number of aliphatic carboxylic acids is 1. The van der Waals surface area contributed by atoms with Crippen LogP contribution in [0.3, 0.4) is 0 Å². The van der Waals surface area contributed by atoms with Gasteiger partial charge in [-0.15, -0.1) is 0 Å². The molecule has 1 saturated heterocycles. The van der Waals surface area contributed by atoms with E-state index >= 15 is 0 Å². The number of carboxylic acid groups (broad SMARTS) is 1. The van der Waals surface area contributed by atoms with Crippen LogP contribution < -0.4 is 4.90 Å². The standard InChI is InChI=1S/C23H20Cl2N6O2/c24-15-5-7-16(8-6-15)31-21(17-3-1-2-4-18(17)25)28-20-22(26-14-27-23(20)31)30-11-9-29(10-12-30)13-19(32)33/h1-8,14H,9-13H2,(H,32,33). The quantitative estimate of drug-likeness (QED) is 0.459. The van der Waals surface area contributed by atoms with Crippen LogP contribution >= 0.6 is 23.2 Å². The summed E-state index contributed by atoms with van der Waals surface area (Å²) in [5.41, 5.74) is 2.95. The minimum absolute atomic E-state index is 0.0366. The Hall–Kier alpha value is -3.20. The number of piperazine rings is 1. The van der Waals surface area contributed by atoms with Gasteiger partial charge in [0.2, 0.25) is 0 Å². The van der Waals surface area contributed by atoms with Gasteiger partial charge in [0, 0.05) is 42.5 Å². The Kier molecular flexibility index (Phi) is 5.88. The number of aromatic nitrogens is 4. The fourth-order valence-corrected chi connectivity index (χ4v) is 4.43. The molecule has 0 saturated carbocycles. The highest BCUT2D eigenvalue weighted by Crippen LogP contribution is 2.34. The number of fused-ring (bicyclic) bond motifs is 1. The van der Waals surface area contributed by atoms with Crippen molar-refractivity contribution in [2.24, 2.45) is 0 Å². The third-order valence-corrected chi connectivity index (χ3v) is 6.24. The van der Waals surface area contributed by atoms with Crippen LogP contribution in [0.15, 0.2) is 54.9 Å². The Morgan fingerprint density at radius 3 is 2.39 bits per heavy atom. The Morgan fingerprint density at radius 2 is 1.70 bits per heavy atom. The molecule has 10 heteroatoms. The molecule has 1 fully saturated rings. The lowest BCUT2D eigenvalue weighted by Gasteiger charge is -2.34. The summed E-state index contributed by atoms with van der Waals surface area (Å²) in [6, 6.07) is 15.0. The zero-order valence-electron chi connectivity index (χ0n) is 17.5. The van der Waals surface area contributed by atoms with E-state index < -0.39 is 5.97 Å². The molecule has 2 aromatic carbocycles. The molecule has 0 atom stereocenters. The maximum Gasteiger partial charge on any atom is 0.317 e. The van der Waals surface area contributed by atoms with E-state index in [1.165, 1.54) is 6.33 Å². The number of anilines is 1. The molecule has 1 aliphatic rings. The molecular weight excluding hydrogens is 463 g/mol. The van der Waals surface area contributed by atoms with Crippen molar-refractivity contribution in [3.05, 3.63) is 64.9 Å². The molecule has 0 bridgehead atoms. The van der Waals surface area contributed by atoms with Gasteiger partial charge in [0.15, 0.2) is 17.0 Å². The van der Waals surface area contributed by atoms with Gasteiger partial charge in [-0.2, -0.15) is 0 Å². The molecule has 3 heterocycles. The molecule has 1 N–H and O–H groups in total. The van der Waals surface area contributed by atoms with Crippen LogP contribution in [0.25, 0.3) is 28.2 Å². The Morgan fingerprint density at radius 1 is 0.970 bits per heavy atom. The SMILES string of the molecule is O=C(O)CN1CCN(c2ncnc3c2nc(-c2ccccc2Cl)n3-c2ccc(Cl)cc2)CC1. The van der Waals surface area contributed by atoms with Crippen LogP contribution in [0.1, 0.15) is 0 Å². The Balaban J connectivity index is 1.63. The van der Waals surface area contributed by atoms with Crippen LogP contribution in [0.2, 0.25) is 10.0 Å². The predicted molar refractivity (Wildman–Crippen MR) is 128 cm³/mol. The van der Waals surface area contributed by atoms with Gasteiger partial charge >= 0.3 is 5.97 Å². The Labute approximate surface area is 200 Å². The molecule has 0 spiro atoms. The number of carbonyl (C=O) groups is 1. The maximum absolute atomic E-state index is 11.0. The second kappa shape index (κ2) is 8.97. The van der Waals surface area contributed by atoms with Crippen LogP contribution in [0, 0.1) is 0 Å². The first-order valence-corrected chi connectivity index (χ1v) is 11.2. The number of nitrogens with zero attached hydrogens (tertiary/aromatic N) is 6. The third kappa shape index (κ3) is 4.25. The fourth-order valence-electron chi connectivity index (χ4n) is 4.08. The van der Waals surface area contributed by atoms with E-state index in [-0.39, 0.29) is 6.54 Å². The van der Waals surface area contributed by atoms with Gasteiger partial charge < -0.3 is 10.0 Å². The molecule has 0 unspecified atom stereocenters. The lowest BCUT2D eigenvalue weighted by atomic mass is 10.2. The summed E-state index contributed by atoms with van der Waals surface area (Å²) < 4.78 is 1.96. The van der Waals surface area contributed by atoms with Crippen molar-refractivity contribution in [3.8, 4) is 17.1 Å². The largest absolute Gasteiger partial charge is 0.480 e. The van der Waals surface area contributed by atoms with Crippen LogP contribution in [0.4, 0.5) is 5.82 Å². The molecule has 0 radical (unpaired) electrons. The minimum Gasteiger partial charge on any atom is -0.480 e. The number of benzene rings is 2. The molecule has 4 aromatic rings. The van der Waals surface area contributed by atoms with Crippen molar-refractivity contribution in [3.63, 3.8) is 0 Å². The number of rotatable bonds is 5. The van der Waals surface area contributed by atoms with Gasteiger partial charge in [-0.1, -0.05) is 35.3 Å². The smallest absolute Gasteiger partial charge is 0.317 e. The molecule has 0 aliphatic carbocycles. The first-order valence-electron chi connectivity index (χ1n) is 10.4. The average Bonchev–Trinajstić information content (AvgIpc) is 3.19. The minimum atomic E-state index is -0.820. The van der Waals surface area contributed by atoms with E-state index in [4.69, 9.17) is 33.3 Å². The number of halogens is 2. The van der Waals surface area contributed by atoms with E-state index in [1.807, 2.05) is 58.0 Å². The molecule has 2 aromatic heterocycles. The van der Waals surface area contributed by atoms with Gasteiger partial charge in [-0.25, -0.2) is 15.0 Å². The summed E-state index contributed by atoms with van der Waals surface area (Å²) in [5.74, 6) is 0.555. The van der Waals surface area contributed by atoms with Crippen LogP contribution in [-0.4, -0.2) is 68.2 Å². The van der Waals surface area contributed by atoms with E-state index in [0.29, 0.717) is 53.2 Å². The van der Waals surface area contributed by atoms with Gasteiger partial charge in [0.1, 0.15) is 12.2 Å². The Bertz CT molecular complexity index is 1320. The summed E-state index contributed by atoms with van der Waals surface area (Å²) in [6.45, 7) is 2.60. The first-order chi connectivity index (χ1) is 16.0. The summed E-state index contributed by atoms with van der Waals surface area (Å²) >= 11 is 12.7. The highest BCUT2D eigenvalue weighted by molar-refractivity contribution is 6.33. The summed E-state index contributed by atoms with van der Waals surface area (Å²) in [4.78, 5) is 29.1. The molecule has 1 aliphatic heterocycles. The van der Waals surface area contributed by atoms with Crippen molar-refractivity contribution in [2.75, 3.05) is 37.6 Å². The van der Waals surface area contributed by atoms with E-state index in [1.54, 1.807) is 0 Å². The second-order valence-corrected chi connectivity index (χ2v) is 8.60. The van der Waals surface area contributed by atoms with Crippen molar-refractivity contribution >= 4 is 46.2 Å². The van der Waals surface area contributed by atoms with Gasteiger partial charge in [-0.3, -0.25) is 14.3 Å². The maximum atomic E-state index is 11.0.